The number of carbonyl (C=O) groups is 1. The number of carbonyl (C=O) groups excluding carboxylic acids is 1. The number of amides is 1. The van der Waals surface area contributed by atoms with E-state index in [0.717, 1.165) is 45.2 Å². The molecule has 0 spiro atoms. The van der Waals surface area contributed by atoms with Gasteiger partial charge in [-0.2, -0.15) is 0 Å². The first-order chi connectivity index (χ1) is 14.5. The molecule has 1 unspecified atom stereocenters. The van der Waals surface area contributed by atoms with Gasteiger partial charge in [-0.3, -0.25) is 4.79 Å². The summed E-state index contributed by atoms with van der Waals surface area (Å²) in [5, 5.41) is 4.93. The largest absolute Gasteiger partial charge is 0.354 e. The average Bonchev–Trinajstić information content (AvgIpc) is 3.11. The van der Waals surface area contributed by atoms with Gasteiger partial charge < -0.3 is 10.3 Å². The molecule has 30 heavy (non-hydrogen) atoms. The number of nitrogens with one attached hydrogen (secondary N) is 2. The molecule has 2 N–H and O–H groups in total. The molecule has 4 rings (SSSR count). The van der Waals surface area contributed by atoms with Crippen molar-refractivity contribution in [3.8, 4) is 11.4 Å². The van der Waals surface area contributed by atoms with Crippen molar-refractivity contribution in [1.82, 2.24) is 15.3 Å². The van der Waals surface area contributed by atoms with Crippen LogP contribution in [0.4, 0.5) is 4.39 Å². The number of aromatic amines is 1. The number of rotatable bonds is 7. The second kappa shape index (κ2) is 8.66. The number of halogens is 1. The van der Waals surface area contributed by atoms with E-state index in [1.165, 1.54) is 6.07 Å². The fourth-order valence-electron chi connectivity index (χ4n) is 3.78. The summed E-state index contributed by atoms with van der Waals surface area (Å²) in [5.41, 5.74) is 4.51. The maximum Gasteiger partial charge on any atom is 0.220 e. The SMILES string of the molecule is CCC(C)NC(=O)CCCc1c(-c2ccc3ccccc3n2)[nH]c2ccc(F)cc12. The molecule has 0 aliphatic rings. The predicted molar refractivity (Wildman–Crippen MR) is 120 cm³/mol. The van der Waals surface area contributed by atoms with Crippen molar-refractivity contribution >= 4 is 27.7 Å². The summed E-state index contributed by atoms with van der Waals surface area (Å²) in [4.78, 5) is 20.4. The lowest BCUT2D eigenvalue weighted by atomic mass is 10.0. The third-order valence-corrected chi connectivity index (χ3v) is 5.57. The number of pyridine rings is 1. The van der Waals surface area contributed by atoms with E-state index in [2.05, 4.69) is 10.3 Å². The lowest BCUT2D eigenvalue weighted by Gasteiger charge is -2.11. The first-order valence-electron chi connectivity index (χ1n) is 10.5. The summed E-state index contributed by atoms with van der Waals surface area (Å²) >= 11 is 0. The Kier molecular flexibility index (Phi) is 5.79. The average molecular weight is 404 g/mol. The Morgan fingerprint density at radius 2 is 2.00 bits per heavy atom. The van der Waals surface area contributed by atoms with E-state index < -0.39 is 0 Å². The lowest BCUT2D eigenvalue weighted by molar-refractivity contribution is -0.121. The monoisotopic (exact) mass is 403 g/mol. The number of fused-ring (bicyclic) bond motifs is 2. The topological polar surface area (TPSA) is 57.8 Å². The molecule has 4 nitrogen and oxygen atoms in total. The standard InChI is InChI=1S/C25H26FN3O/c1-3-16(2)27-24(30)10-6-8-19-20-15-18(26)12-14-22(20)29-25(19)23-13-11-17-7-4-5-9-21(17)28-23/h4-5,7,9,11-16,29H,3,6,8,10H2,1-2H3,(H,27,30). The fraction of sp³-hybridized carbons (Fsp3) is 0.280. The molecule has 0 aliphatic carbocycles. The van der Waals surface area contributed by atoms with Crippen LogP contribution in [0.15, 0.2) is 54.6 Å². The van der Waals surface area contributed by atoms with E-state index in [0.29, 0.717) is 19.3 Å². The molecule has 1 amide bonds. The Bertz CT molecular complexity index is 1200. The van der Waals surface area contributed by atoms with Crippen LogP contribution in [0.3, 0.4) is 0 Å². The summed E-state index contributed by atoms with van der Waals surface area (Å²) < 4.78 is 14.0. The van der Waals surface area contributed by atoms with Crippen molar-refractivity contribution in [2.75, 3.05) is 0 Å². The number of benzene rings is 2. The number of para-hydroxylation sites is 1. The molecule has 5 heteroatoms. The van der Waals surface area contributed by atoms with Crippen molar-refractivity contribution < 1.29 is 9.18 Å². The molecule has 0 saturated heterocycles. The highest BCUT2D eigenvalue weighted by Crippen LogP contribution is 2.32. The van der Waals surface area contributed by atoms with Crippen LogP contribution in [0.1, 0.15) is 38.7 Å². The molecule has 0 saturated carbocycles. The number of hydrogen-bond acceptors (Lipinski definition) is 2. The summed E-state index contributed by atoms with van der Waals surface area (Å²) in [6.07, 6.45) is 2.70. The Morgan fingerprint density at radius 1 is 1.17 bits per heavy atom. The van der Waals surface area contributed by atoms with Crippen molar-refractivity contribution in [2.24, 2.45) is 0 Å². The normalized spacial score (nSPS) is 12.4. The number of aromatic nitrogens is 2. The molecule has 0 fully saturated rings. The van der Waals surface area contributed by atoms with Crippen molar-refractivity contribution in [2.45, 2.75) is 45.6 Å². The highest BCUT2D eigenvalue weighted by molar-refractivity contribution is 5.91. The van der Waals surface area contributed by atoms with Crippen LogP contribution in [-0.2, 0) is 11.2 Å². The van der Waals surface area contributed by atoms with Gasteiger partial charge in [-0.25, -0.2) is 9.37 Å². The van der Waals surface area contributed by atoms with Gasteiger partial charge in [0.05, 0.1) is 16.9 Å². The first kappa shape index (κ1) is 20.1. The van der Waals surface area contributed by atoms with Crippen LogP contribution in [0.5, 0.6) is 0 Å². The summed E-state index contributed by atoms with van der Waals surface area (Å²) in [6, 6.07) is 17.0. The van der Waals surface area contributed by atoms with Gasteiger partial charge in [-0.15, -0.1) is 0 Å². The number of aryl methyl sites for hydroxylation is 1. The van der Waals surface area contributed by atoms with Crippen LogP contribution in [0, 0.1) is 5.82 Å². The highest BCUT2D eigenvalue weighted by Gasteiger charge is 2.16. The molecule has 2 aromatic heterocycles. The molecular weight excluding hydrogens is 377 g/mol. The van der Waals surface area contributed by atoms with Gasteiger partial charge >= 0.3 is 0 Å². The quantitative estimate of drug-likeness (QED) is 0.412. The maximum atomic E-state index is 14.0. The van der Waals surface area contributed by atoms with E-state index >= 15 is 0 Å². The number of H-pyrrole nitrogens is 1. The Balaban J connectivity index is 1.66. The highest BCUT2D eigenvalue weighted by atomic mass is 19.1. The zero-order valence-corrected chi connectivity index (χ0v) is 17.3. The molecule has 4 aromatic rings. The maximum absolute atomic E-state index is 14.0. The summed E-state index contributed by atoms with van der Waals surface area (Å²) in [5.74, 6) is -0.212. The van der Waals surface area contributed by atoms with Gasteiger partial charge in [-0.1, -0.05) is 31.2 Å². The Morgan fingerprint density at radius 3 is 2.83 bits per heavy atom. The van der Waals surface area contributed by atoms with E-state index in [9.17, 15) is 9.18 Å². The van der Waals surface area contributed by atoms with Gasteiger partial charge in [0.25, 0.3) is 0 Å². The van der Waals surface area contributed by atoms with Crippen LogP contribution >= 0.6 is 0 Å². The Hall–Kier alpha value is -3.21. The molecule has 0 aliphatic heterocycles. The molecule has 0 radical (unpaired) electrons. The van der Waals surface area contributed by atoms with Gasteiger partial charge in [0.15, 0.2) is 0 Å². The van der Waals surface area contributed by atoms with Crippen molar-refractivity contribution in [3.63, 3.8) is 0 Å². The molecule has 154 valence electrons. The van der Waals surface area contributed by atoms with Gasteiger partial charge in [0.2, 0.25) is 5.91 Å². The minimum Gasteiger partial charge on any atom is -0.354 e. The Labute approximate surface area is 175 Å². The van der Waals surface area contributed by atoms with E-state index in [4.69, 9.17) is 4.98 Å². The van der Waals surface area contributed by atoms with Gasteiger partial charge in [0, 0.05) is 28.8 Å². The third-order valence-electron chi connectivity index (χ3n) is 5.57. The second-order valence-corrected chi connectivity index (χ2v) is 7.79. The molecular formula is C25H26FN3O. The van der Waals surface area contributed by atoms with Gasteiger partial charge in [0.1, 0.15) is 5.82 Å². The summed E-state index contributed by atoms with van der Waals surface area (Å²) in [7, 11) is 0. The van der Waals surface area contributed by atoms with E-state index in [1.807, 2.05) is 50.2 Å². The van der Waals surface area contributed by atoms with E-state index in [-0.39, 0.29) is 17.8 Å². The van der Waals surface area contributed by atoms with Crippen LogP contribution in [-0.4, -0.2) is 21.9 Å². The fourth-order valence-corrected chi connectivity index (χ4v) is 3.78. The van der Waals surface area contributed by atoms with Crippen LogP contribution < -0.4 is 5.32 Å². The molecule has 0 bridgehead atoms. The van der Waals surface area contributed by atoms with Crippen LogP contribution in [0.2, 0.25) is 0 Å². The van der Waals surface area contributed by atoms with E-state index in [1.54, 1.807) is 12.1 Å². The van der Waals surface area contributed by atoms with Crippen LogP contribution in [0.25, 0.3) is 33.2 Å². The summed E-state index contributed by atoms with van der Waals surface area (Å²) in [6.45, 7) is 4.05. The zero-order valence-electron chi connectivity index (χ0n) is 17.3. The van der Waals surface area contributed by atoms with Crippen molar-refractivity contribution in [1.29, 1.82) is 0 Å². The number of hydrogen-bond donors (Lipinski definition) is 2. The van der Waals surface area contributed by atoms with Crippen molar-refractivity contribution in [3.05, 3.63) is 66.0 Å². The smallest absolute Gasteiger partial charge is 0.220 e. The molecule has 1 atom stereocenters. The predicted octanol–water partition coefficient (Wildman–Crippen LogP) is 5.76. The zero-order chi connectivity index (χ0) is 21.1. The minimum absolute atomic E-state index is 0.0563. The minimum atomic E-state index is -0.268. The second-order valence-electron chi connectivity index (χ2n) is 7.79. The lowest BCUT2D eigenvalue weighted by Crippen LogP contribution is -2.31. The first-order valence-corrected chi connectivity index (χ1v) is 10.5. The third kappa shape index (κ3) is 4.20. The molecule has 2 heterocycles. The van der Waals surface area contributed by atoms with Gasteiger partial charge in [-0.05, 0) is 62.1 Å². The number of nitrogens with zero attached hydrogens (tertiary/aromatic N) is 1. The molecule has 2 aromatic carbocycles.